The van der Waals surface area contributed by atoms with Crippen molar-refractivity contribution in [3.8, 4) is 17.2 Å². The van der Waals surface area contributed by atoms with Gasteiger partial charge in [-0.1, -0.05) is 0 Å². The second kappa shape index (κ2) is 7.32. The number of fused-ring (bicyclic) bond motifs is 1. The lowest BCUT2D eigenvalue weighted by atomic mass is 10.0. The maximum atomic E-state index is 12.5. The Morgan fingerprint density at radius 1 is 1.19 bits per heavy atom. The van der Waals surface area contributed by atoms with Crippen molar-refractivity contribution in [2.75, 3.05) is 20.8 Å². The summed E-state index contributed by atoms with van der Waals surface area (Å²) in [4.78, 5) is 11.6. The number of benzene rings is 2. The average molecular weight is 389 g/mol. The van der Waals surface area contributed by atoms with E-state index >= 15 is 0 Å². The summed E-state index contributed by atoms with van der Waals surface area (Å²) in [5.41, 5.74) is 2.01. The Balaban J connectivity index is 1.90. The highest BCUT2D eigenvalue weighted by Gasteiger charge is 2.25. The molecule has 3 rings (SSSR count). The number of hydrogen-bond donors (Lipinski definition) is 1. The number of carbonyl (C=O) groups excluding carboxylic acids is 1. The molecule has 0 aromatic heterocycles. The van der Waals surface area contributed by atoms with E-state index in [0.717, 1.165) is 11.1 Å². The Morgan fingerprint density at radius 3 is 2.52 bits per heavy atom. The first-order valence-electron chi connectivity index (χ1n) is 8.13. The van der Waals surface area contributed by atoms with E-state index in [-0.39, 0.29) is 23.2 Å². The van der Waals surface area contributed by atoms with Crippen LogP contribution in [0.3, 0.4) is 0 Å². The van der Waals surface area contributed by atoms with Gasteiger partial charge in [0.2, 0.25) is 5.91 Å². The molecular formula is C19H19NO6S. The van der Waals surface area contributed by atoms with Crippen molar-refractivity contribution >= 4 is 21.6 Å². The number of methoxy groups -OCH3 is 1. The highest BCUT2D eigenvalue weighted by molar-refractivity contribution is 7.87. The van der Waals surface area contributed by atoms with Gasteiger partial charge in [-0.3, -0.25) is 4.79 Å². The molecule has 0 saturated heterocycles. The minimum absolute atomic E-state index is 0.0179. The number of rotatable bonds is 5. The molecule has 0 unspecified atom stereocenters. The largest absolute Gasteiger partial charge is 0.497 e. The van der Waals surface area contributed by atoms with Crippen LogP contribution in [0.15, 0.2) is 47.4 Å². The van der Waals surface area contributed by atoms with Crippen LogP contribution in [-0.4, -0.2) is 35.1 Å². The lowest BCUT2D eigenvalue weighted by molar-refractivity contribution is -0.116. The topological polar surface area (TPSA) is 90.9 Å². The van der Waals surface area contributed by atoms with E-state index in [1.807, 2.05) is 0 Å². The minimum Gasteiger partial charge on any atom is -0.497 e. The second-order valence-electron chi connectivity index (χ2n) is 5.85. The Labute approximate surface area is 157 Å². The molecule has 0 spiro atoms. The van der Waals surface area contributed by atoms with Crippen LogP contribution < -0.4 is 19.0 Å². The Bertz CT molecular complexity index is 1010. The van der Waals surface area contributed by atoms with E-state index in [4.69, 9.17) is 13.7 Å². The van der Waals surface area contributed by atoms with Gasteiger partial charge in [0.05, 0.1) is 7.11 Å². The number of hydrogen-bond acceptors (Lipinski definition) is 6. The van der Waals surface area contributed by atoms with Crippen molar-refractivity contribution in [1.29, 1.82) is 0 Å². The third-order valence-corrected chi connectivity index (χ3v) is 5.42. The van der Waals surface area contributed by atoms with Crippen LogP contribution >= 0.6 is 0 Å². The molecule has 0 atom stereocenters. The zero-order valence-corrected chi connectivity index (χ0v) is 15.9. The molecule has 7 nitrogen and oxygen atoms in total. The van der Waals surface area contributed by atoms with E-state index < -0.39 is 10.1 Å². The van der Waals surface area contributed by atoms with Crippen molar-refractivity contribution in [3.63, 3.8) is 0 Å². The van der Waals surface area contributed by atoms with E-state index in [1.54, 1.807) is 38.2 Å². The van der Waals surface area contributed by atoms with E-state index in [1.165, 1.54) is 25.3 Å². The van der Waals surface area contributed by atoms with Crippen molar-refractivity contribution in [2.45, 2.75) is 11.8 Å². The van der Waals surface area contributed by atoms with Crippen LogP contribution in [0.25, 0.3) is 5.57 Å². The molecule has 0 saturated carbocycles. The number of likely N-dealkylation sites (N-methyl/N-ethyl adjacent to an activating group) is 1. The molecule has 142 valence electrons. The van der Waals surface area contributed by atoms with Gasteiger partial charge in [0, 0.05) is 29.8 Å². The van der Waals surface area contributed by atoms with Gasteiger partial charge in [-0.15, -0.1) is 0 Å². The first-order valence-corrected chi connectivity index (χ1v) is 9.54. The van der Waals surface area contributed by atoms with Crippen molar-refractivity contribution in [1.82, 2.24) is 5.32 Å². The summed E-state index contributed by atoms with van der Waals surface area (Å²) in [6.07, 6.45) is 1.46. The van der Waals surface area contributed by atoms with Gasteiger partial charge in [0.1, 0.15) is 28.8 Å². The summed E-state index contributed by atoms with van der Waals surface area (Å²) >= 11 is 0. The molecule has 2 aromatic rings. The van der Waals surface area contributed by atoms with Gasteiger partial charge >= 0.3 is 10.1 Å². The number of carbonyl (C=O) groups is 1. The summed E-state index contributed by atoms with van der Waals surface area (Å²) < 4.78 is 41.0. The molecule has 1 aliphatic heterocycles. The summed E-state index contributed by atoms with van der Waals surface area (Å²) in [7, 11) is -0.960. The highest BCUT2D eigenvalue weighted by Crippen LogP contribution is 2.40. The van der Waals surface area contributed by atoms with Crippen LogP contribution in [0.4, 0.5) is 0 Å². The smallest absolute Gasteiger partial charge is 0.339 e. The lowest BCUT2D eigenvalue weighted by Gasteiger charge is -2.12. The molecular weight excluding hydrogens is 370 g/mol. The fourth-order valence-corrected chi connectivity index (χ4v) is 3.67. The first-order chi connectivity index (χ1) is 12.9. The van der Waals surface area contributed by atoms with Gasteiger partial charge < -0.3 is 19.0 Å². The van der Waals surface area contributed by atoms with Crippen LogP contribution in [0.1, 0.15) is 11.1 Å². The zero-order chi connectivity index (χ0) is 19.6. The molecule has 1 aliphatic rings. The van der Waals surface area contributed by atoms with Crippen LogP contribution in [0.2, 0.25) is 0 Å². The molecule has 8 heteroatoms. The number of nitrogens with one attached hydrogen (secondary N) is 1. The molecule has 27 heavy (non-hydrogen) atoms. The van der Waals surface area contributed by atoms with Gasteiger partial charge in [-0.2, -0.15) is 8.42 Å². The van der Waals surface area contributed by atoms with Crippen LogP contribution in [0, 0.1) is 6.92 Å². The van der Waals surface area contributed by atoms with E-state index in [9.17, 15) is 13.2 Å². The number of ether oxygens (including phenoxy) is 2. The fraction of sp³-hybridized carbons (Fsp3) is 0.211. The fourth-order valence-electron chi connectivity index (χ4n) is 2.69. The molecule has 1 N–H and O–H groups in total. The Hall–Kier alpha value is -3.00. The van der Waals surface area contributed by atoms with E-state index in [2.05, 4.69) is 5.32 Å². The Kier molecular flexibility index (Phi) is 5.09. The summed E-state index contributed by atoms with van der Waals surface area (Å²) in [5.74, 6) is 0.992. The maximum Gasteiger partial charge on any atom is 0.339 e. The molecule has 1 amide bonds. The minimum atomic E-state index is -4.00. The van der Waals surface area contributed by atoms with Crippen molar-refractivity contribution < 1.29 is 26.9 Å². The van der Waals surface area contributed by atoms with E-state index in [0.29, 0.717) is 17.1 Å². The zero-order valence-electron chi connectivity index (χ0n) is 15.1. The summed E-state index contributed by atoms with van der Waals surface area (Å²) in [6, 6.07) is 9.16. The quantitative estimate of drug-likeness (QED) is 0.623. The number of amides is 1. The third-order valence-electron chi connectivity index (χ3n) is 4.17. The lowest BCUT2D eigenvalue weighted by Crippen LogP contribution is -2.15. The summed E-state index contributed by atoms with van der Waals surface area (Å²) in [6.45, 7) is 1.94. The first kappa shape index (κ1) is 18.8. The average Bonchev–Trinajstić information content (AvgIpc) is 3.07. The third kappa shape index (κ3) is 3.75. The van der Waals surface area contributed by atoms with Gasteiger partial charge in [-0.25, -0.2) is 0 Å². The molecule has 0 bridgehead atoms. The van der Waals surface area contributed by atoms with Crippen molar-refractivity contribution in [3.05, 3.63) is 53.6 Å². The highest BCUT2D eigenvalue weighted by atomic mass is 32.2. The molecule has 1 heterocycles. The van der Waals surface area contributed by atoms with Crippen LogP contribution in [-0.2, 0) is 14.9 Å². The maximum absolute atomic E-state index is 12.5. The molecule has 2 aromatic carbocycles. The van der Waals surface area contributed by atoms with Gasteiger partial charge in [-0.05, 0) is 43.3 Å². The Morgan fingerprint density at radius 2 is 1.89 bits per heavy atom. The standard InChI is InChI=1S/C19H19NO6S/c1-12-17(26-27(22,23)15-6-4-14(24-3)5-7-15)9-8-16-13(10-18(21)20-2)11-25-19(12)16/h4-10H,11H2,1-3H3,(H,20,21)/b13-10-. The molecule has 0 fully saturated rings. The molecule has 0 radical (unpaired) electrons. The monoisotopic (exact) mass is 389 g/mol. The SMILES string of the molecule is CNC(=O)/C=C1/COc2c1ccc(OS(=O)(=O)c1ccc(OC)cc1)c2C. The molecule has 0 aliphatic carbocycles. The van der Waals surface area contributed by atoms with Gasteiger partial charge in [0.25, 0.3) is 0 Å². The predicted octanol–water partition coefficient (Wildman–Crippen LogP) is 2.29. The van der Waals surface area contributed by atoms with Gasteiger partial charge in [0.15, 0.2) is 0 Å². The van der Waals surface area contributed by atoms with Crippen LogP contribution in [0.5, 0.6) is 17.2 Å². The second-order valence-corrected chi connectivity index (χ2v) is 7.40. The summed E-state index contributed by atoms with van der Waals surface area (Å²) in [5, 5.41) is 2.52. The predicted molar refractivity (Wildman–Crippen MR) is 99.5 cm³/mol. The normalized spacial score (nSPS) is 14.4. The van der Waals surface area contributed by atoms with Crippen molar-refractivity contribution in [2.24, 2.45) is 0 Å².